The van der Waals surface area contributed by atoms with Crippen molar-refractivity contribution in [2.75, 3.05) is 13.4 Å². The van der Waals surface area contributed by atoms with Gasteiger partial charge in [-0.15, -0.1) is 0 Å². The lowest BCUT2D eigenvalue weighted by molar-refractivity contribution is 0.173. The van der Waals surface area contributed by atoms with Crippen molar-refractivity contribution in [2.45, 2.75) is 26.7 Å². The number of hydrogen-bond acceptors (Lipinski definition) is 3. The van der Waals surface area contributed by atoms with Gasteiger partial charge in [0.1, 0.15) is 5.75 Å². The largest absolute Gasteiger partial charge is 0.493 e. The zero-order valence-electron chi connectivity index (χ0n) is 12.7. The molecule has 2 aromatic carbocycles. The summed E-state index contributed by atoms with van der Waals surface area (Å²) in [5.74, 6) is 2.67. The van der Waals surface area contributed by atoms with E-state index >= 15 is 0 Å². The summed E-state index contributed by atoms with van der Waals surface area (Å²) in [4.78, 5) is 0. The Morgan fingerprint density at radius 1 is 1.10 bits per heavy atom. The Morgan fingerprint density at radius 3 is 2.43 bits per heavy atom. The van der Waals surface area contributed by atoms with Gasteiger partial charge in [-0.05, 0) is 25.5 Å². The second kappa shape index (κ2) is 5.68. The fraction of sp³-hybridized carbons (Fsp3) is 0.333. The predicted octanol–water partition coefficient (Wildman–Crippen LogP) is 4.27. The number of aryl methyl sites for hydroxylation is 1. The lowest BCUT2D eigenvalue weighted by atomic mass is 9.91. The first-order valence-corrected chi connectivity index (χ1v) is 7.32. The number of benzene rings is 2. The average Bonchev–Trinajstić information content (AvgIpc) is 2.94. The highest BCUT2D eigenvalue weighted by Crippen LogP contribution is 2.42. The molecule has 0 bridgehead atoms. The average molecular weight is 284 g/mol. The van der Waals surface area contributed by atoms with Gasteiger partial charge in [0, 0.05) is 17.5 Å². The molecule has 21 heavy (non-hydrogen) atoms. The molecule has 0 radical (unpaired) electrons. The molecule has 1 heterocycles. The monoisotopic (exact) mass is 284 g/mol. The van der Waals surface area contributed by atoms with Gasteiger partial charge in [-0.25, -0.2) is 0 Å². The zero-order chi connectivity index (χ0) is 14.8. The maximum atomic E-state index is 5.79. The molecule has 3 rings (SSSR count). The lowest BCUT2D eigenvalue weighted by Crippen LogP contribution is -2.02. The summed E-state index contributed by atoms with van der Waals surface area (Å²) < 4.78 is 16.7. The lowest BCUT2D eigenvalue weighted by Gasteiger charge is -2.18. The fourth-order valence-electron chi connectivity index (χ4n) is 2.59. The van der Waals surface area contributed by atoms with Crippen molar-refractivity contribution in [2.24, 2.45) is 0 Å². The van der Waals surface area contributed by atoms with E-state index in [1.165, 1.54) is 11.1 Å². The molecule has 1 aliphatic rings. The third-order valence-corrected chi connectivity index (χ3v) is 3.85. The van der Waals surface area contributed by atoms with E-state index in [9.17, 15) is 0 Å². The minimum absolute atomic E-state index is 0.238. The Hall–Kier alpha value is -2.16. The molecule has 3 heteroatoms. The van der Waals surface area contributed by atoms with E-state index in [2.05, 4.69) is 38.1 Å². The van der Waals surface area contributed by atoms with Gasteiger partial charge < -0.3 is 14.2 Å². The van der Waals surface area contributed by atoms with Gasteiger partial charge in [-0.3, -0.25) is 0 Å². The van der Waals surface area contributed by atoms with Crippen LogP contribution < -0.4 is 14.2 Å². The Kier molecular flexibility index (Phi) is 3.74. The van der Waals surface area contributed by atoms with Crippen molar-refractivity contribution in [3.63, 3.8) is 0 Å². The second-order valence-corrected chi connectivity index (χ2v) is 5.31. The quantitative estimate of drug-likeness (QED) is 0.839. The molecule has 0 spiro atoms. The molecule has 0 fully saturated rings. The molecule has 3 nitrogen and oxygen atoms in total. The van der Waals surface area contributed by atoms with E-state index in [4.69, 9.17) is 14.2 Å². The van der Waals surface area contributed by atoms with Crippen LogP contribution in [0.3, 0.4) is 0 Å². The third-order valence-electron chi connectivity index (χ3n) is 3.85. The summed E-state index contributed by atoms with van der Waals surface area (Å²) in [6, 6.07) is 12.6. The van der Waals surface area contributed by atoms with Gasteiger partial charge in [-0.1, -0.05) is 36.8 Å². The molecule has 1 aliphatic heterocycles. The standard InChI is InChI=1S/C18H20O3/c1-4-19-16-10-18-17(20-11-21-18)9-15(16)13(3)14-7-5-12(2)6-8-14/h5-10,13H,4,11H2,1-3H3. The van der Waals surface area contributed by atoms with Crippen molar-refractivity contribution in [3.05, 3.63) is 53.1 Å². The third kappa shape index (κ3) is 2.68. The van der Waals surface area contributed by atoms with Crippen LogP contribution in [0.15, 0.2) is 36.4 Å². The van der Waals surface area contributed by atoms with Crippen molar-refractivity contribution in [1.82, 2.24) is 0 Å². The fourth-order valence-corrected chi connectivity index (χ4v) is 2.59. The van der Waals surface area contributed by atoms with Gasteiger partial charge in [0.05, 0.1) is 6.61 Å². The van der Waals surface area contributed by atoms with Crippen LogP contribution >= 0.6 is 0 Å². The summed E-state index contributed by atoms with van der Waals surface area (Å²) in [6.45, 7) is 7.19. The molecule has 2 aromatic rings. The molecular formula is C18H20O3. The van der Waals surface area contributed by atoms with Crippen molar-refractivity contribution in [1.29, 1.82) is 0 Å². The number of ether oxygens (including phenoxy) is 3. The summed E-state index contributed by atoms with van der Waals surface area (Å²) in [5.41, 5.74) is 3.66. The van der Waals surface area contributed by atoms with Gasteiger partial charge in [-0.2, -0.15) is 0 Å². The molecule has 0 aromatic heterocycles. The van der Waals surface area contributed by atoms with E-state index in [1.807, 2.05) is 19.1 Å². The predicted molar refractivity (Wildman–Crippen MR) is 82.4 cm³/mol. The molecular weight excluding hydrogens is 264 g/mol. The van der Waals surface area contributed by atoms with Gasteiger partial charge in [0.25, 0.3) is 0 Å². The maximum Gasteiger partial charge on any atom is 0.231 e. The molecule has 1 unspecified atom stereocenters. The van der Waals surface area contributed by atoms with Crippen molar-refractivity contribution < 1.29 is 14.2 Å². The summed E-state index contributed by atoms with van der Waals surface area (Å²) in [7, 11) is 0. The summed E-state index contributed by atoms with van der Waals surface area (Å²) >= 11 is 0. The Balaban J connectivity index is 2.01. The van der Waals surface area contributed by atoms with Crippen LogP contribution in [0.2, 0.25) is 0 Å². The van der Waals surface area contributed by atoms with E-state index in [1.54, 1.807) is 0 Å². The topological polar surface area (TPSA) is 27.7 Å². The SMILES string of the molecule is CCOc1cc2c(cc1C(C)c1ccc(C)cc1)OCO2. The minimum atomic E-state index is 0.238. The van der Waals surface area contributed by atoms with Gasteiger partial charge >= 0.3 is 0 Å². The van der Waals surface area contributed by atoms with Crippen LogP contribution in [-0.4, -0.2) is 13.4 Å². The molecule has 0 saturated heterocycles. The van der Waals surface area contributed by atoms with Crippen LogP contribution in [-0.2, 0) is 0 Å². The van der Waals surface area contributed by atoms with Crippen molar-refractivity contribution >= 4 is 0 Å². The van der Waals surface area contributed by atoms with Crippen LogP contribution in [0.4, 0.5) is 0 Å². The summed E-state index contributed by atoms with van der Waals surface area (Å²) in [5, 5.41) is 0. The van der Waals surface area contributed by atoms with Crippen LogP contribution in [0.25, 0.3) is 0 Å². The zero-order valence-corrected chi connectivity index (χ0v) is 12.7. The van der Waals surface area contributed by atoms with E-state index < -0.39 is 0 Å². The normalized spacial score (nSPS) is 14.0. The maximum absolute atomic E-state index is 5.79. The number of rotatable bonds is 4. The summed E-state index contributed by atoms with van der Waals surface area (Å²) in [6.07, 6.45) is 0. The van der Waals surface area contributed by atoms with E-state index in [0.29, 0.717) is 6.61 Å². The molecule has 0 N–H and O–H groups in total. The Bertz CT molecular complexity index is 632. The van der Waals surface area contributed by atoms with Crippen LogP contribution in [0, 0.1) is 6.92 Å². The smallest absolute Gasteiger partial charge is 0.231 e. The Morgan fingerprint density at radius 2 is 1.76 bits per heavy atom. The van der Waals surface area contributed by atoms with Crippen LogP contribution in [0.1, 0.15) is 36.5 Å². The first kappa shape index (κ1) is 13.8. The molecule has 110 valence electrons. The number of hydrogen-bond donors (Lipinski definition) is 0. The van der Waals surface area contributed by atoms with Crippen LogP contribution in [0.5, 0.6) is 17.2 Å². The molecule has 0 aliphatic carbocycles. The second-order valence-electron chi connectivity index (χ2n) is 5.31. The minimum Gasteiger partial charge on any atom is -0.493 e. The van der Waals surface area contributed by atoms with Gasteiger partial charge in [0.15, 0.2) is 11.5 Å². The van der Waals surface area contributed by atoms with E-state index in [0.717, 1.165) is 22.8 Å². The highest BCUT2D eigenvalue weighted by molar-refractivity contribution is 5.54. The van der Waals surface area contributed by atoms with E-state index in [-0.39, 0.29) is 12.7 Å². The van der Waals surface area contributed by atoms with Crippen molar-refractivity contribution in [3.8, 4) is 17.2 Å². The first-order chi connectivity index (χ1) is 10.2. The highest BCUT2D eigenvalue weighted by Gasteiger charge is 2.21. The molecule has 0 saturated carbocycles. The highest BCUT2D eigenvalue weighted by atomic mass is 16.7. The number of fused-ring (bicyclic) bond motifs is 1. The van der Waals surface area contributed by atoms with Gasteiger partial charge in [0.2, 0.25) is 6.79 Å². The first-order valence-electron chi connectivity index (χ1n) is 7.32. The molecule has 1 atom stereocenters. The molecule has 0 amide bonds. The Labute approximate surface area is 125 Å².